The van der Waals surface area contributed by atoms with E-state index in [2.05, 4.69) is 30.9 Å². The maximum atomic E-state index is 6.23. The highest BCUT2D eigenvalue weighted by molar-refractivity contribution is 7.14. The van der Waals surface area contributed by atoms with Crippen LogP contribution in [-0.2, 0) is 6.61 Å². The van der Waals surface area contributed by atoms with Crippen molar-refractivity contribution in [1.29, 1.82) is 0 Å². The topological polar surface area (TPSA) is 88.6 Å². The number of benzene rings is 2. The molecule has 0 saturated heterocycles. The number of tetrazole rings is 1. The number of nitrogens with zero attached hydrogens (tertiary/aromatic N) is 4. The Bertz CT molecular complexity index is 987. The zero-order chi connectivity index (χ0) is 17.8. The summed E-state index contributed by atoms with van der Waals surface area (Å²) in [6.07, 6.45) is 0. The van der Waals surface area contributed by atoms with Crippen LogP contribution in [0.4, 0.5) is 10.8 Å². The van der Waals surface area contributed by atoms with E-state index in [9.17, 15) is 0 Å². The second-order valence-electron chi connectivity index (χ2n) is 5.30. The van der Waals surface area contributed by atoms with Crippen molar-refractivity contribution in [2.24, 2.45) is 0 Å². The van der Waals surface area contributed by atoms with Gasteiger partial charge >= 0.3 is 0 Å². The van der Waals surface area contributed by atoms with Gasteiger partial charge in [-0.05, 0) is 40.8 Å². The molecule has 4 rings (SSSR count). The average molecular weight is 385 g/mol. The maximum Gasteiger partial charge on any atom is 0.187 e. The van der Waals surface area contributed by atoms with Gasteiger partial charge in [0.05, 0.1) is 5.69 Å². The van der Waals surface area contributed by atoms with Gasteiger partial charge in [-0.1, -0.05) is 29.8 Å². The van der Waals surface area contributed by atoms with E-state index in [1.54, 1.807) is 0 Å². The van der Waals surface area contributed by atoms with E-state index in [0.717, 1.165) is 27.8 Å². The standard InChI is InChI=1S/C17H13ClN6OS/c18-14-4-2-1-3-13(14)15-10-26-17(20-15)19-11-5-7-12(8-6-11)25-9-16-21-23-24-22-16/h1-8,10H,9H2,(H,19,20)(H,21,22,23,24). The van der Waals surface area contributed by atoms with Gasteiger partial charge < -0.3 is 10.1 Å². The normalized spacial score (nSPS) is 10.7. The largest absolute Gasteiger partial charge is 0.486 e. The summed E-state index contributed by atoms with van der Waals surface area (Å²) in [5, 5.41) is 20.2. The fraction of sp³-hybridized carbons (Fsp3) is 0.0588. The van der Waals surface area contributed by atoms with Crippen LogP contribution in [0.1, 0.15) is 5.82 Å². The van der Waals surface area contributed by atoms with E-state index in [1.165, 1.54) is 11.3 Å². The molecule has 9 heteroatoms. The Morgan fingerprint density at radius 1 is 1.12 bits per heavy atom. The van der Waals surface area contributed by atoms with Gasteiger partial charge in [-0.25, -0.2) is 10.1 Å². The third-order valence-electron chi connectivity index (χ3n) is 3.52. The molecule has 0 bridgehead atoms. The molecule has 130 valence electrons. The number of aromatic amines is 1. The van der Waals surface area contributed by atoms with Crippen LogP contribution < -0.4 is 10.1 Å². The summed E-state index contributed by atoms with van der Waals surface area (Å²) >= 11 is 7.75. The number of hydrogen-bond donors (Lipinski definition) is 2. The van der Waals surface area contributed by atoms with Crippen LogP contribution in [0.15, 0.2) is 53.9 Å². The fourth-order valence-corrected chi connectivity index (χ4v) is 3.24. The van der Waals surface area contributed by atoms with Gasteiger partial charge in [0.25, 0.3) is 0 Å². The number of H-pyrrole nitrogens is 1. The number of hydrogen-bond acceptors (Lipinski definition) is 7. The van der Waals surface area contributed by atoms with Crippen molar-refractivity contribution in [2.75, 3.05) is 5.32 Å². The lowest BCUT2D eigenvalue weighted by Crippen LogP contribution is -1.98. The minimum absolute atomic E-state index is 0.285. The molecule has 4 aromatic rings. The van der Waals surface area contributed by atoms with Crippen LogP contribution in [0, 0.1) is 0 Å². The summed E-state index contributed by atoms with van der Waals surface area (Å²) in [4.78, 5) is 4.59. The molecular weight excluding hydrogens is 372 g/mol. The van der Waals surface area contributed by atoms with Gasteiger partial charge in [-0.2, -0.15) is 0 Å². The second-order valence-corrected chi connectivity index (χ2v) is 6.57. The van der Waals surface area contributed by atoms with Gasteiger partial charge in [0, 0.05) is 21.7 Å². The lowest BCUT2D eigenvalue weighted by molar-refractivity contribution is 0.296. The molecule has 0 aliphatic heterocycles. The number of thiazole rings is 1. The van der Waals surface area contributed by atoms with E-state index in [0.29, 0.717) is 10.8 Å². The molecule has 0 radical (unpaired) electrons. The minimum atomic E-state index is 0.285. The first-order chi connectivity index (χ1) is 12.8. The minimum Gasteiger partial charge on any atom is -0.486 e. The molecule has 7 nitrogen and oxygen atoms in total. The molecule has 0 unspecified atom stereocenters. The van der Waals surface area contributed by atoms with Crippen molar-refractivity contribution in [3.05, 3.63) is 64.8 Å². The number of ether oxygens (including phenoxy) is 1. The SMILES string of the molecule is Clc1ccccc1-c1csc(Nc2ccc(OCc3nnn[nH]3)cc2)n1. The van der Waals surface area contributed by atoms with E-state index in [-0.39, 0.29) is 6.61 Å². The van der Waals surface area contributed by atoms with Crippen molar-refractivity contribution >= 4 is 33.8 Å². The van der Waals surface area contributed by atoms with Crippen LogP contribution in [-0.4, -0.2) is 25.6 Å². The number of rotatable bonds is 6. The highest BCUT2D eigenvalue weighted by Gasteiger charge is 2.08. The van der Waals surface area contributed by atoms with Crippen molar-refractivity contribution in [3.63, 3.8) is 0 Å². The van der Waals surface area contributed by atoms with Crippen LogP contribution in [0.3, 0.4) is 0 Å². The van der Waals surface area contributed by atoms with Gasteiger partial charge in [0.15, 0.2) is 11.0 Å². The van der Waals surface area contributed by atoms with Crippen molar-refractivity contribution in [1.82, 2.24) is 25.6 Å². The van der Waals surface area contributed by atoms with Gasteiger partial charge in [-0.3, -0.25) is 0 Å². The molecule has 0 spiro atoms. The van der Waals surface area contributed by atoms with E-state index in [1.807, 2.05) is 53.9 Å². The Hall–Kier alpha value is -2.97. The second kappa shape index (κ2) is 7.51. The Labute approximate surface area is 158 Å². The lowest BCUT2D eigenvalue weighted by Gasteiger charge is -2.06. The molecule has 0 aliphatic carbocycles. The van der Waals surface area contributed by atoms with Crippen LogP contribution in [0.2, 0.25) is 5.02 Å². The van der Waals surface area contributed by atoms with Crippen molar-refractivity contribution in [3.8, 4) is 17.0 Å². The Morgan fingerprint density at radius 3 is 2.73 bits per heavy atom. The number of halogens is 1. The Kier molecular flexibility index (Phi) is 4.76. The van der Waals surface area contributed by atoms with Crippen LogP contribution in [0.5, 0.6) is 5.75 Å². The molecule has 26 heavy (non-hydrogen) atoms. The van der Waals surface area contributed by atoms with Gasteiger partial charge in [0.2, 0.25) is 0 Å². The highest BCUT2D eigenvalue weighted by atomic mass is 35.5. The predicted molar refractivity (Wildman–Crippen MR) is 101 cm³/mol. The first-order valence-electron chi connectivity index (χ1n) is 7.71. The van der Waals surface area contributed by atoms with Crippen LogP contribution in [0.25, 0.3) is 11.3 Å². The molecule has 2 N–H and O–H groups in total. The molecule has 0 aliphatic rings. The first-order valence-corrected chi connectivity index (χ1v) is 8.96. The molecule has 2 aromatic carbocycles. The smallest absolute Gasteiger partial charge is 0.187 e. The number of anilines is 2. The molecular formula is C17H13ClN6OS. The van der Waals surface area contributed by atoms with Gasteiger partial charge in [0.1, 0.15) is 12.4 Å². The Balaban J connectivity index is 1.41. The molecule has 0 amide bonds. The fourth-order valence-electron chi connectivity index (χ4n) is 2.27. The predicted octanol–water partition coefficient (Wildman–Crippen LogP) is 4.30. The van der Waals surface area contributed by atoms with E-state index in [4.69, 9.17) is 16.3 Å². The third-order valence-corrected chi connectivity index (χ3v) is 4.61. The highest BCUT2D eigenvalue weighted by Crippen LogP contribution is 2.31. The summed E-state index contributed by atoms with van der Waals surface area (Å²) in [5.74, 6) is 1.30. The van der Waals surface area contributed by atoms with Crippen molar-refractivity contribution in [2.45, 2.75) is 6.61 Å². The zero-order valence-electron chi connectivity index (χ0n) is 13.4. The summed E-state index contributed by atoms with van der Waals surface area (Å²) in [6.45, 7) is 0.285. The quantitative estimate of drug-likeness (QED) is 0.515. The zero-order valence-corrected chi connectivity index (χ0v) is 15.0. The molecule has 2 aromatic heterocycles. The number of nitrogens with one attached hydrogen (secondary N) is 2. The van der Waals surface area contributed by atoms with Crippen molar-refractivity contribution < 1.29 is 4.74 Å². The molecule has 0 saturated carbocycles. The first kappa shape index (κ1) is 16.5. The molecule has 0 fully saturated rings. The van der Waals surface area contributed by atoms with E-state index < -0.39 is 0 Å². The summed E-state index contributed by atoms with van der Waals surface area (Å²) in [6, 6.07) is 15.2. The molecule has 0 atom stereocenters. The third kappa shape index (κ3) is 3.81. The number of aromatic nitrogens is 5. The van der Waals surface area contributed by atoms with E-state index >= 15 is 0 Å². The Morgan fingerprint density at radius 2 is 1.96 bits per heavy atom. The maximum absolute atomic E-state index is 6.23. The van der Waals surface area contributed by atoms with Crippen LogP contribution >= 0.6 is 22.9 Å². The summed E-state index contributed by atoms with van der Waals surface area (Å²) in [5.41, 5.74) is 2.69. The lowest BCUT2D eigenvalue weighted by atomic mass is 10.2. The molecule has 2 heterocycles. The van der Waals surface area contributed by atoms with Gasteiger partial charge in [-0.15, -0.1) is 16.4 Å². The monoisotopic (exact) mass is 384 g/mol. The summed E-state index contributed by atoms with van der Waals surface area (Å²) in [7, 11) is 0. The average Bonchev–Trinajstić information content (AvgIpc) is 3.34. The summed E-state index contributed by atoms with van der Waals surface area (Å²) < 4.78 is 5.60.